The maximum absolute atomic E-state index is 5.69. The van der Waals surface area contributed by atoms with Crippen molar-refractivity contribution in [1.29, 1.82) is 0 Å². The molecule has 74 valence electrons. The first-order valence-corrected chi connectivity index (χ1v) is 5.12. The van der Waals surface area contributed by atoms with Gasteiger partial charge in [-0.3, -0.25) is 0 Å². The zero-order valence-corrected chi connectivity index (χ0v) is 8.57. The molecule has 0 unspecified atom stereocenters. The lowest BCUT2D eigenvalue weighted by Gasteiger charge is -2.23. The first-order chi connectivity index (χ1) is 6.18. The van der Waals surface area contributed by atoms with Gasteiger partial charge in [0.1, 0.15) is 0 Å². The number of hydrogen-bond donors (Lipinski definition) is 3. The van der Waals surface area contributed by atoms with Crippen molar-refractivity contribution < 1.29 is 0 Å². The Morgan fingerprint density at radius 1 is 1.23 bits per heavy atom. The van der Waals surface area contributed by atoms with E-state index in [0.717, 1.165) is 0 Å². The Labute approximate surface area is 84.6 Å². The van der Waals surface area contributed by atoms with E-state index in [4.69, 9.17) is 23.7 Å². The third kappa shape index (κ3) is 4.12. The van der Waals surface area contributed by atoms with Crippen molar-refractivity contribution in [3.05, 3.63) is 11.9 Å². The van der Waals surface area contributed by atoms with E-state index in [-0.39, 0.29) is 0 Å². The summed E-state index contributed by atoms with van der Waals surface area (Å²) in [5.41, 5.74) is 11.0. The minimum atomic E-state index is 0.334. The number of nitrogens with one attached hydrogen (secondary N) is 1. The Hall–Kier alpha value is -0.770. The van der Waals surface area contributed by atoms with Gasteiger partial charge in [-0.1, -0.05) is 31.5 Å². The van der Waals surface area contributed by atoms with Crippen LogP contribution in [0, 0.1) is 0 Å². The number of rotatable bonds is 3. The van der Waals surface area contributed by atoms with Crippen LogP contribution in [0.15, 0.2) is 11.9 Å². The molecule has 3 nitrogen and oxygen atoms in total. The van der Waals surface area contributed by atoms with E-state index >= 15 is 0 Å². The molecule has 1 aliphatic rings. The molecule has 0 aliphatic heterocycles. The van der Waals surface area contributed by atoms with Gasteiger partial charge in [-0.2, -0.15) is 0 Å². The van der Waals surface area contributed by atoms with Crippen LogP contribution in [0.2, 0.25) is 0 Å². The largest absolute Gasteiger partial charge is 0.390 e. The van der Waals surface area contributed by atoms with Crippen molar-refractivity contribution in [2.75, 3.05) is 0 Å². The number of nitrogens with two attached hydrogens (primary N) is 2. The molecular formula is C9H17N3S. The van der Waals surface area contributed by atoms with E-state index in [2.05, 4.69) is 5.32 Å². The van der Waals surface area contributed by atoms with Crippen LogP contribution in [-0.2, 0) is 0 Å². The normalized spacial score (nSPS) is 19.8. The van der Waals surface area contributed by atoms with Crippen molar-refractivity contribution in [3.63, 3.8) is 0 Å². The molecule has 4 heteroatoms. The van der Waals surface area contributed by atoms with Gasteiger partial charge < -0.3 is 16.8 Å². The molecule has 0 aromatic rings. The van der Waals surface area contributed by atoms with Crippen LogP contribution in [-0.4, -0.2) is 11.0 Å². The summed E-state index contributed by atoms with van der Waals surface area (Å²) in [6.45, 7) is 0. The van der Waals surface area contributed by atoms with Gasteiger partial charge in [0.05, 0.1) is 10.8 Å². The smallest absolute Gasteiger partial charge is 0.0998 e. The first kappa shape index (κ1) is 10.3. The Bertz CT molecular complexity index is 207. The molecule has 0 saturated heterocycles. The quantitative estimate of drug-likeness (QED) is 0.468. The van der Waals surface area contributed by atoms with Crippen LogP contribution in [0.4, 0.5) is 0 Å². The monoisotopic (exact) mass is 199 g/mol. The molecule has 0 radical (unpaired) electrons. The highest BCUT2D eigenvalue weighted by Crippen LogP contribution is 2.17. The van der Waals surface area contributed by atoms with Gasteiger partial charge in [0.2, 0.25) is 0 Å². The summed E-state index contributed by atoms with van der Waals surface area (Å²) < 4.78 is 0. The van der Waals surface area contributed by atoms with Crippen molar-refractivity contribution in [3.8, 4) is 0 Å². The van der Waals surface area contributed by atoms with E-state index in [0.29, 0.717) is 16.9 Å². The van der Waals surface area contributed by atoms with Crippen LogP contribution >= 0.6 is 12.2 Å². The predicted molar refractivity (Wildman–Crippen MR) is 59.1 cm³/mol. The standard InChI is InChI=1S/C9H17N3S/c10-8(6-9(11)13)12-7-4-2-1-3-5-7/h6-7,12H,1-5,10H2,(H2,11,13)/b8-6-. The van der Waals surface area contributed by atoms with Gasteiger partial charge in [-0.25, -0.2) is 0 Å². The zero-order chi connectivity index (χ0) is 9.68. The number of thiocarbonyl (C=S) groups is 1. The molecule has 1 aliphatic carbocycles. The molecule has 5 N–H and O–H groups in total. The van der Waals surface area contributed by atoms with E-state index < -0.39 is 0 Å². The summed E-state index contributed by atoms with van der Waals surface area (Å²) in [6, 6.07) is 0.513. The molecule has 1 rings (SSSR count). The molecule has 0 aromatic heterocycles. The van der Waals surface area contributed by atoms with Crippen LogP contribution < -0.4 is 16.8 Å². The lowest BCUT2D eigenvalue weighted by molar-refractivity contribution is 0.395. The lowest BCUT2D eigenvalue weighted by Crippen LogP contribution is -2.34. The molecule has 0 amide bonds. The van der Waals surface area contributed by atoms with Crippen LogP contribution in [0.5, 0.6) is 0 Å². The van der Waals surface area contributed by atoms with Crippen LogP contribution in [0.3, 0.4) is 0 Å². The zero-order valence-electron chi connectivity index (χ0n) is 7.75. The fraction of sp³-hybridized carbons (Fsp3) is 0.667. The van der Waals surface area contributed by atoms with E-state index in [1.165, 1.54) is 32.1 Å². The Morgan fingerprint density at radius 2 is 1.85 bits per heavy atom. The first-order valence-electron chi connectivity index (χ1n) is 4.71. The van der Waals surface area contributed by atoms with E-state index in [1.807, 2.05) is 0 Å². The third-order valence-corrected chi connectivity index (χ3v) is 2.39. The summed E-state index contributed by atoms with van der Waals surface area (Å²) >= 11 is 4.72. The molecule has 1 saturated carbocycles. The van der Waals surface area contributed by atoms with Gasteiger partial charge in [-0.15, -0.1) is 0 Å². The maximum atomic E-state index is 5.69. The minimum absolute atomic E-state index is 0.334. The molecule has 0 atom stereocenters. The second-order valence-electron chi connectivity index (χ2n) is 3.48. The molecule has 13 heavy (non-hydrogen) atoms. The average molecular weight is 199 g/mol. The molecular weight excluding hydrogens is 182 g/mol. The van der Waals surface area contributed by atoms with Gasteiger partial charge in [0.15, 0.2) is 0 Å². The second-order valence-corrected chi connectivity index (χ2v) is 3.95. The highest BCUT2D eigenvalue weighted by atomic mass is 32.1. The van der Waals surface area contributed by atoms with E-state index in [9.17, 15) is 0 Å². The minimum Gasteiger partial charge on any atom is -0.390 e. The lowest BCUT2D eigenvalue weighted by atomic mass is 9.95. The third-order valence-electron chi connectivity index (χ3n) is 2.27. The summed E-state index contributed by atoms with van der Waals surface area (Å²) in [7, 11) is 0. The Kier molecular flexibility index (Phi) is 4.02. The van der Waals surface area contributed by atoms with Gasteiger partial charge in [-0.05, 0) is 12.8 Å². The maximum Gasteiger partial charge on any atom is 0.0998 e. The van der Waals surface area contributed by atoms with Crippen molar-refractivity contribution in [1.82, 2.24) is 5.32 Å². The van der Waals surface area contributed by atoms with Gasteiger partial charge in [0.25, 0.3) is 0 Å². The van der Waals surface area contributed by atoms with Crippen molar-refractivity contribution >= 4 is 17.2 Å². The second kappa shape index (κ2) is 5.07. The van der Waals surface area contributed by atoms with Crippen LogP contribution in [0.1, 0.15) is 32.1 Å². The highest BCUT2D eigenvalue weighted by Gasteiger charge is 2.12. The predicted octanol–water partition coefficient (Wildman–Crippen LogP) is 0.995. The molecule has 0 aromatic carbocycles. The topological polar surface area (TPSA) is 64.1 Å². The summed E-state index contributed by atoms with van der Waals surface area (Å²) in [5, 5.41) is 3.22. The summed E-state index contributed by atoms with van der Waals surface area (Å²) in [5.74, 6) is 0.597. The fourth-order valence-corrected chi connectivity index (χ4v) is 1.80. The molecule has 0 bridgehead atoms. The molecule has 0 spiro atoms. The SMILES string of the molecule is NC(=S)/C=C(/N)NC1CCCCC1. The van der Waals surface area contributed by atoms with Crippen LogP contribution in [0.25, 0.3) is 0 Å². The number of hydrogen-bond acceptors (Lipinski definition) is 3. The Morgan fingerprint density at radius 3 is 2.38 bits per heavy atom. The fourth-order valence-electron chi connectivity index (χ4n) is 1.68. The van der Waals surface area contributed by atoms with Gasteiger partial charge in [0, 0.05) is 12.1 Å². The van der Waals surface area contributed by atoms with E-state index in [1.54, 1.807) is 6.08 Å². The average Bonchev–Trinajstić information content (AvgIpc) is 2.04. The molecule has 0 heterocycles. The van der Waals surface area contributed by atoms with Crippen molar-refractivity contribution in [2.24, 2.45) is 11.5 Å². The van der Waals surface area contributed by atoms with Gasteiger partial charge >= 0.3 is 0 Å². The molecule has 1 fully saturated rings. The Balaban J connectivity index is 2.33. The van der Waals surface area contributed by atoms with Crippen molar-refractivity contribution in [2.45, 2.75) is 38.1 Å². The summed E-state index contributed by atoms with van der Waals surface area (Å²) in [6.07, 6.45) is 7.93. The summed E-state index contributed by atoms with van der Waals surface area (Å²) in [4.78, 5) is 0.334. The highest BCUT2D eigenvalue weighted by molar-refractivity contribution is 7.80.